The minimum absolute atomic E-state index is 0.644. The summed E-state index contributed by atoms with van der Waals surface area (Å²) in [5, 5.41) is 0. The Balaban J connectivity index is 2.25. The average Bonchev–Trinajstić information content (AvgIpc) is 2.24. The van der Waals surface area contributed by atoms with Gasteiger partial charge in [-0.2, -0.15) is 0 Å². The Morgan fingerprint density at radius 3 is 2.40 bits per heavy atom. The molecule has 2 aromatic carbocycles. The van der Waals surface area contributed by atoms with E-state index >= 15 is 0 Å². The molecule has 0 fully saturated rings. The molecule has 2 aromatic rings. The normalized spacial score (nSPS) is 10.2. The van der Waals surface area contributed by atoms with E-state index in [1.165, 1.54) is 7.91 Å². The molecule has 0 spiro atoms. The summed E-state index contributed by atoms with van der Waals surface area (Å²) in [5.41, 5.74) is 6.53. The van der Waals surface area contributed by atoms with Crippen LogP contribution in [0, 0.1) is 0 Å². The Morgan fingerprint density at radius 2 is 1.73 bits per heavy atom. The molecule has 0 atom stereocenters. The number of anilines is 1. The molecule has 0 amide bonds. The molecule has 0 saturated heterocycles. The number of hydrogen-bond donors (Lipinski definition) is 1. The van der Waals surface area contributed by atoms with Crippen molar-refractivity contribution in [2.45, 2.75) is 0 Å². The van der Waals surface area contributed by atoms with Gasteiger partial charge < -0.3 is 0 Å². The third-order valence-electron chi connectivity index (χ3n) is 1.93. The van der Waals surface area contributed by atoms with Crippen molar-refractivity contribution in [3.8, 4) is 0 Å². The van der Waals surface area contributed by atoms with Crippen LogP contribution in [0.25, 0.3) is 0 Å². The van der Waals surface area contributed by atoms with Gasteiger partial charge in [-0.3, -0.25) is 0 Å². The third-order valence-corrected chi connectivity index (χ3v) is 7.51. The summed E-state index contributed by atoms with van der Waals surface area (Å²) in [6.07, 6.45) is 0. The molecule has 0 aromatic heterocycles. The fourth-order valence-electron chi connectivity index (χ4n) is 1.22. The monoisotopic (exact) mass is 431 g/mol. The van der Waals surface area contributed by atoms with Gasteiger partial charge in [-0.05, 0) is 0 Å². The molecule has 3 heteroatoms. The van der Waals surface area contributed by atoms with Crippen LogP contribution in [-0.2, 0) is 18.6 Å². The zero-order valence-electron chi connectivity index (χ0n) is 7.98. The standard InChI is InChI=1S/C6H5BrN.C6H5.W/c7-5-2-1-3-6(8)4-5;1-2-4-6-5-3-1;/h1,3-4H,8H2;1-5H;. The first-order valence-corrected chi connectivity index (χ1v) is 8.26. The van der Waals surface area contributed by atoms with Gasteiger partial charge in [0.2, 0.25) is 0 Å². The molecule has 0 heterocycles. The van der Waals surface area contributed by atoms with Crippen molar-refractivity contribution in [2.24, 2.45) is 0 Å². The molecule has 2 rings (SSSR count). The van der Waals surface area contributed by atoms with Crippen LogP contribution >= 0.6 is 15.9 Å². The Morgan fingerprint density at radius 1 is 1.00 bits per heavy atom. The summed E-state index contributed by atoms with van der Waals surface area (Å²) in [6.45, 7) is 0. The molecular formula is C12H10BrNW. The molecule has 0 aliphatic carbocycles. The number of benzene rings is 2. The fourth-order valence-corrected chi connectivity index (χ4v) is 5.29. The number of rotatable bonds is 2. The quantitative estimate of drug-likeness (QED) is 0.724. The Hall–Kier alpha value is -0.592. The topological polar surface area (TPSA) is 26.0 Å². The van der Waals surface area contributed by atoms with E-state index in [0.29, 0.717) is 0 Å². The van der Waals surface area contributed by atoms with Crippen molar-refractivity contribution < 1.29 is 18.6 Å². The van der Waals surface area contributed by atoms with Crippen molar-refractivity contribution in [1.82, 2.24) is 0 Å². The van der Waals surface area contributed by atoms with Crippen LogP contribution in [-0.4, -0.2) is 0 Å². The molecule has 1 nitrogen and oxygen atoms in total. The minimum atomic E-state index is -0.644. The van der Waals surface area contributed by atoms with E-state index in [-0.39, 0.29) is 0 Å². The van der Waals surface area contributed by atoms with Crippen LogP contribution in [0.5, 0.6) is 0 Å². The molecule has 0 aliphatic rings. The van der Waals surface area contributed by atoms with E-state index in [9.17, 15) is 0 Å². The van der Waals surface area contributed by atoms with Gasteiger partial charge in [0.25, 0.3) is 0 Å². The fraction of sp³-hybridized carbons (Fsp3) is 0. The summed E-state index contributed by atoms with van der Waals surface area (Å²) < 4.78 is 4.05. The second-order valence-electron chi connectivity index (χ2n) is 3.10. The molecule has 2 N–H and O–H groups in total. The Kier molecular flexibility index (Phi) is 3.61. The first-order chi connectivity index (χ1) is 7.25. The van der Waals surface area contributed by atoms with Crippen molar-refractivity contribution in [2.75, 3.05) is 5.73 Å². The molecule has 0 radical (unpaired) electrons. The second-order valence-corrected chi connectivity index (χ2v) is 7.97. The third kappa shape index (κ3) is 2.93. The number of nitrogens with two attached hydrogens (primary N) is 1. The zero-order chi connectivity index (χ0) is 10.7. The zero-order valence-corrected chi connectivity index (χ0v) is 12.5. The summed E-state index contributed by atoms with van der Waals surface area (Å²) in [4.78, 5) is 0. The van der Waals surface area contributed by atoms with Crippen molar-refractivity contribution in [3.63, 3.8) is 0 Å². The van der Waals surface area contributed by atoms with Gasteiger partial charge in [0, 0.05) is 0 Å². The predicted molar refractivity (Wildman–Crippen MR) is 64.3 cm³/mol. The molecular weight excluding hydrogens is 422 g/mol. The molecule has 76 valence electrons. The van der Waals surface area contributed by atoms with E-state index < -0.39 is 18.6 Å². The van der Waals surface area contributed by atoms with E-state index in [2.05, 4.69) is 52.3 Å². The summed E-state index contributed by atoms with van der Waals surface area (Å²) >= 11 is 2.92. The van der Waals surface area contributed by atoms with Gasteiger partial charge >= 0.3 is 107 Å². The van der Waals surface area contributed by atoms with Gasteiger partial charge in [0.05, 0.1) is 0 Å². The second kappa shape index (κ2) is 4.96. The number of nitrogen functional groups attached to an aromatic ring is 1. The van der Waals surface area contributed by atoms with Crippen molar-refractivity contribution in [3.05, 3.63) is 53.0 Å². The SMILES string of the molecule is Nc1cc[c]([W][c]2ccccc2)c(Br)c1. The average molecular weight is 432 g/mol. The van der Waals surface area contributed by atoms with Gasteiger partial charge in [-0.15, -0.1) is 0 Å². The van der Waals surface area contributed by atoms with Crippen LogP contribution in [0.15, 0.2) is 53.0 Å². The van der Waals surface area contributed by atoms with Gasteiger partial charge in [0.1, 0.15) is 0 Å². The van der Waals surface area contributed by atoms with Crippen molar-refractivity contribution in [1.29, 1.82) is 0 Å². The summed E-state index contributed by atoms with van der Waals surface area (Å²) in [5.74, 6) is 0. The maximum absolute atomic E-state index is 5.71. The van der Waals surface area contributed by atoms with E-state index in [1.54, 1.807) is 0 Å². The molecule has 15 heavy (non-hydrogen) atoms. The van der Waals surface area contributed by atoms with Crippen LogP contribution in [0.1, 0.15) is 0 Å². The van der Waals surface area contributed by atoms with E-state index in [0.717, 1.165) is 10.2 Å². The Labute approximate surface area is 106 Å². The summed E-state index contributed by atoms with van der Waals surface area (Å²) in [6, 6.07) is 16.8. The predicted octanol–water partition coefficient (Wildman–Crippen LogP) is 2.06. The van der Waals surface area contributed by atoms with Crippen LogP contribution in [0.3, 0.4) is 0 Å². The molecule has 0 saturated carbocycles. The molecule has 0 aliphatic heterocycles. The number of halogens is 1. The van der Waals surface area contributed by atoms with Gasteiger partial charge in [0.15, 0.2) is 0 Å². The van der Waals surface area contributed by atoms with Crippen molar-refractivity contribution >= 4 is 29.5 Å². The van der Waals surface area contributed by atoms with E-state index in [4.69, 9.17) is 5.73 Å². The Bertz CT molecular complexity index is 456. The maximum atomic E-state index is 5.71. The number of hydrogen-bond acceptors (Lipinski definition) is 1. The van der Waals surface area contributed by atoms with Crippen LogP contribution in [0.4, 0.5) is 5.69 Å². The van der Waals surface area contributed by atoms with E-state index in [1.807, 2.05) is 12.1 Å². The molecule has 0 bridgehead atoms. The first kappa shape index (κ1) is 10.9. The van der Waals surface area contributed by atoms with Gasteiger partial charge in [-0.25, -0.2) is 0 Å². The molecule has 0 unspecified atom stereocenters. The van der Waals surface area contributed by atoms with Gasteiger partial charge in [-0.1, -0.05) is 0 Å². The first-order valence-electron chi connectivity index (χ1n) is 4.53. The van der Waals surface area contributed by atoms with Crippen LogP contribution in [0.2, 0.25) is 0 Å². The van der Waals surface area contributed by atoms with Crippen LogP contribution < -0.4 is 13.6 Å². The summed E-state index contributed by atoms with van der Waals surface area (Å²) in [7, 11) is 0.